The van der Waals surface area contributed by atoms with E-state index < -0.39 is 17.8 Å². The Morgan fingerprint density at radius 2 is 1.69 bits per heavy atom. The van der Waals surface area contributed by atoms with Crippen molar-refractivity contribution in [2.45, 2.75) is 0 Å². The quantitative estimate of drug-likeness (QED) is 0.387. The van der Waals surface area contributed by atoms with E-state index in [1.165, 1.54) is 32.4 Å². The van der Waals surface area contributed by atoms with Gasteiger partial charge in [-0.05, 0) is 42.5 Å². The lowest BCUT2D eigenvalue weighted by Crippen LogP contribution is -2.15. The van der Waals surface area contributed by atoms with Gasteiger partial charge in [-0.2, -0.15) is 5.26 Å². The van der Waals surface area contributed by atoms with Crippen LogP contribution in [0.15, 0.2) is 58.7 Å². The van der Waals surface area contributed by atoms with Crippen LogP contribution in [0.25, 0.3) is 0 Å². The van der Waals surface area contributed by atoms with Crippen molar-refractivity contribution >= 4 is 45.2 Å². The zero-order valence-corrected chi connectivity index (χ0v) is 17.1. The molecule has 29 heavy (non-hydrogen) atoms. The van der Waals surface area contributed by atoms with E-state index in [4.69, 9.17) is 4.74 Å². The van der Waals surface area contributed by atoms with Gasteiger partial charge in [-0.3, -0.25) is 4.79 Å². The van der Waals surface area contributed by atoms with Crippen molar-refractivity contribution in [3.63, 3.8) is 0 Å². The number of ether oxygens (including phenoxy) is 2. The second-order valence-electron chi connectivity index (χ2n) is 5.52. The maximum absolute atomic E-state index is 12.3. The molecular weight excluding hydrogens is 442 g/mol. The molecule has 0 heterocycles. The van der Waals surface area contributed by atoms with Gasteiger partial charge in [-0.15, -0.1) is 0 Å². The van der Waals surface area contributed by atoms with Gasteiger partial charge in [0.05, 0.1) is 31.0 Å². The second-order valence-corrected chi connectivity index (χ2v) is 6.43. The molecule has 2 N–H and O–H groups in total. The number of nitrogens with zero attached hydrogens (tertiary/aromatic N) is 1. The van der Waals surface area contributed by atoms with Crippen molar-refractivity contribution in [3.8, 4) is 6.07 Å². The largest absolute Gasteiger partial charge is 0.465 e. The standard InChI is InChI=1S/C20H16BrN3O5/c1-28-19(26)12-3-8-16(20(27)29-2)17(9-12)23-11-13(10-22)18(25)24-15-6-4-14(21)5-7-15/h3-9,11,23H,1-2H3,(H,24,25)/b13-11-. The molecule has 0 bridgehead atoms. The molecule has 2 rings (SSSR count). The fourth-order valence-electron chi connectivity index (χ4n) is 2.23. The highest BCUT2D eigenvalue weighted by Crippen LogP contribution is 2.20. The predicted molar refractivity (Wildman–Crippen MR) is 109 cm³/mol. The molecule has 2 aromatic carbocycles. The normalized spacial score (nSPS) is 10.5. The highest BCUT2D eigenvalue weighted by atomic mass is 79.9. The first-order valence-corrected chi connectivity index (χ1v) is 8.93. The molecule has 0 saturated heterocycles. The van der Waals surface area contributed by atoms with Gasteiger partial charge in [0.15, 0.2) is 0 Å². The number of esters is 2. The van der Waals surface area contributed by atoms with Crippen LogP contribution in [-0.2, 0) is 14.3 Å². The van der Waals surface area contributed by atoms with Gasteiger partial charge < -0.3 is 20.1 Å². The number of rotatable bonds is 6. The molecule has 2 aromatic rings. The number of nitrogens with one attached hydrogen (secondary N) is 2. The number of halogens is 1. The minimum absolute atomic E-state index is 0.113. The summed E-state index contributed by atoms with van der Waals surface area (Å²) in [7, 11) is 2.44. The number of benzene rings is 2. The predicted octanol–water partition coefficient (Wildman–Crippen LogP) is 3.48. The number of carbonyl (C=O) groups excluding carboxylic acids is 3. The van der Waals surface area contributed by atoms with E-state index in [0.717, 1.165) is 10.7 Å². The lowest BCUT2D eigenvalue weighted by Gasteiger charge is -2.10. The fourth-order valence-corrected chi connectivity index (χ4v) is 2.49. The number of amides is 1. The molecule has 148 valence electrons. The summed E-state index contributed by atoms with van der Waals surface area (Å²) in [6, 6.07) is 12.7. The summed E-state index contributed by atoms with van der Waals surface area (Å²) in [5.74, 6) is -1.91. The Morgan fingerprint density at radius 3 is 2.28 bits per heavy atom. The Bertz CT molecular complexity index is 1010. The molecule has 0 aliphatic carbocycles. The van der Waals surface area contributed by atoms with Gasteiger partial charge in [-0.25, -0.2) is 9.59 Å². The Morgan fingerprint density at radius 1 is 1.03 bits per heavy atom. The molecule has 0 aliphatic rings. The molecule has 0 saturated carbocycles. The van der Waals surface area contributed by atoms with E-state index in [1.54, 1.807) is 30.3 Å². The number of carbonyl (C=O) groups is 3. The van der Waals surface area contributed by atoms with Crippen LogP contribution < -0.4 is 10.6 Å². The Labute approximate surface area is 175 Å². The average Bonchev–Trinajstić information content (AvgIpc) is 2.74. The minimum Gasteiger partial charge on any atom is -0.465 e. The SMILES string of the molecule is COC(=O)c1ccc(C(=O)OC)c(N/C=C(/C#N)C(=O)Nc2ccc(Br)cc2)c1. The first-order chi connectivity index (χ1) is 13.9. The monoisotopic (exact) mass is 457 g/mol. The van der Waals surface area contributed by atoms with Gasteiger partial charge >= 0.3 is 11.9 Å². The smallest absolute Gasteiger partial charge is 0.339 e. The van der Waals surface area contributed by atoms with Crippen LogP contribution in [0.4, 0.5) is 11.4 Å². The number of nitriles is 1. The molecule has 0 radical (unpaired) electrons. The summed E-state index contributed by atoms with van der Waals surface area (Å²) >= 11 is 3.29. The Hall–Kier alpha value is -3.64. The zero-order chi connectivity index (χ0) is 21.4. The summed E-state index contributed by atoms with van der Waals surface area (Å²) < 4.78 is 10.2. The number of hydrogen-bond donors (Lipinski definition) is 2. The molecule has 0 aromatic heterocycles. The summed E-state index contributed by atoms with van der Waals surface area (Å²) in [6.45, 7) is 0. The van der Waals surface area contributed by atoms with E-state index in [1.807, 2.05) is 0 Å². The minimum atomic E-state index is -0.657. The Balaban J connectivity index is 2.29. The van der Waals surface area contributed by atoms with Crippen molar-refractivity contribution in [2.24, 2.45) is 0 Å². The van der Waals surface area contributed by atoms with Crippen molar-refractivity contribution in [1.82, 2.24) is 0 Å². The van der Waals surface area contributed by atoms with Crippen molar-refractivity contribution in [3.05, 3.63) is 69.8 Å². The lowest BCUT2D eigenvalue weighted by molar-refractivity contribution is -0.112. The molecule has 1 amide bonds. The summed E-state index contributed by atoms with van der Waals surface area (Å²) in [5, 5.41) is 14.6. The summed E-state index contributed by atoms with van der Waals surface area (Å²) in [4.78, 5) is 36.0. The molecule has 0 unspecified atom stereocenters. The van der Waals surface area contributed by atoms with Crippen molar-refractivity contribution < 1.29 is 23.9 Å². The third-order valence-electron chi connectivity index (χ3n) is 3.69. The molecule has 9 heteroatoms. The molecule has 0 fully saturated rings. The summed E-state index contributed by atoms with van der Waals surface area (Å²) in [5.41, 5.74) is 0.717. The van der Waals surface area contributed by atoms with E-state index in [9.17, 15) is 19.6 Å². The summed E-state index contributed by atoms with van der Waals surface area (Å²) in [6.07, 6.45) is 1.14. The molecular formula is C20H16BrN3O5. The van der Waals surface area contributed by atoms with E-state index in [0.29, 0.717) is 5.69 Å². The van der Waals surface area contributed by atoms with Gasteiger partial charge in [0.1, 0.15) is 11.6 Å². The fraction of sp³-hybridized carbons (Fsp3) is 0.100. The molecule has 0 spiro atoms. The van der Waals surface area contributed by atoms with Gasteiger partial charge in [0.25, 0.3) is 5.91 Å². The number of anilines is 2. The molecule has 0 atom stereocenters. The Kier molecular flexibility index (Phi) is 7.51. The van der Waals surface area contributed by atoms with Gasteiger partial charge in [0, 0.05) is 16.4 Å². The van der Waals surface area contributed by atoms with E-state index in [2.05, 4.69) is 31.3 Å². The average molecular weight is 458 g/mol. The molecule has 0 aliphatic heterocycles. The van der Waals surface area contributed by atoms with Gasteiger partial charge in [-0.1, -0.05) is 15.9 Å². The highest BCUT2D eigenvalue weighted by Gasteiger charge is 2.16. The number of methoxy groups -OCH3 is 2. The third-order valence-corrected chi connectivity index (χ3v) is 4.21. The van der Waals surface area contributed by atoms with Crippen LogP contribution >= 0.6 is 15.9 Å². The van der Waals surface area contributed by atoms with Crippen LogP contribution in [-0.4, -0.2) is 32.1 Å². The van der Waals surface area contributed by atoms with E-state index >= 15 is 0 Å². The van der Waals surface area contributed by atoms with Crippen molar-refractivity contribution in [2.75, 3.05) is 24.9 Å². The third kappa shape index (κ3) is 5.67. The second kappa shape index (κ2) is 10.1. The van der Waals surface area contributed by atoms with Crippen LogP contribution in [0.5, 0.6) is 0 Å². The maximum atomic E-state index is 12.3. The first-order valence-electron chi connectivity index (χ1n) is 8.14. The van der Waals surface area contributed by atoms with E-state index in [-0.39, 0.29) is 22.4 Å². The maximum Gasteiger partial charge on any atom is 0.339 e. The van der Waals surface area contributed by atoms with Gasteiger partial charge in [0.2, 0.25) is 0 Å². The lowest BCUT2D eigenvalue weighted by atomic mass is 10.1. The van der Waals surface area contributed by atoms with Crippen LogP contribution in [0.3, 0.4) is 0 Å². The van der Waals surface area contributed by atoms with Crippen LogP contribution in [0, 0.1) is 11.3 Å². The van der Waals surface area contributed by atoms with Crippen LogP contribution in [0.2, 0.25) is 0 Å². The zero-order valence-electron chi connectivity index (χ0n) is 15.5. The topological polar surface area (TPSA) is 118 Å². The van der Waals surface area contributed by atoms with Crippen LogP contribution in [0.1, 0.15) is 20.7 Å². The van der Waals surface area contributed by atoms with Crippen molar-refractivity contribution in [1.29, 1.82) is 5.26 Å². The first kappa shape index (κ1) is 21.7. The highest BCUT2D eigenvalue weighted by molar-refractivity contribution is 9.10. The molecule has 8 nitrogen and oxygen atoms in total. The number of hydrogen-bond acceptors (Lipinski definition) is 7.